The maximum absolute atomic E-state index is 12.5. The molecule has 0 saturated heterocycles. The zero-order valence-corrected chi connectivity index (χ0v) is 14.3. The van der Waals surface area contributed by atoms with Gasteiger partial charge in [-0.3, -0.25) is 9.59 Å². The number of carbonyl (C=O) groups is 2. The fourth-order valence-corrected chi connectivity index (χ4v) is 3.18. The predicted molar refractivity (Wildman–Crippen MR) is 91.1 cm³/mol. The summed E-state index contributed by atoms with van der Waals surface area (Å²) in [6, 6.07) is 2.96. The lowest BCUT2D eigenvalue weighted by Gasteiger charge is -2.14. The number of amides is 1. The maximum atomic E-state index is 12.5. The number of carbonyl (C=O) groups excluding carboxylic acids is 1. The molecule has 1 amide bonds. The van der Waals surface area contributed by atoms with E-state index in [1.54, 1.807) is 18.4 Å². The van der Waals surface area contributed by atoms with E-state index in [9.17, 15) is 14.4 Å². The van der Waals surface area contributed by atoms with Crippen molar-refractivity contribution in [3.05, 3.63) is 50.8 Å². The molecule has 0 aliphatic rings. The van der Waals surface area contributed by atoms with Crippen LogP contribution in [0.5, 0.6) is 0 Å². The van der Waals surface area contributed by atoms with E-state index in [0.717, 1.165) is 0 Å². The minimum absolute atomic E-state index is 0.0227. The third-order valence-corrected chi connectivity index (χ3v) is 4.57. The number of aromatic amines is 1. The Hall–Kier alpha value is -2.94. The lowest BCUT2D eigenvalue weighted by atomic mass is 10.2. The second-order valence-corrected chi connectivity index (χ2v) is 6.33. The van der Waals surface area contributed by atoms with Gasteiger partial charge in [-0.2, -0.15) is 0 Å². The average molecular weight is 361 g/mol. The molecular weight excluding hydrogens is 346 g/mol. The monoisotopic (exact) mass is 361 g/mol. The number of hydrogen-bond donors (Lipinski definition) is 2. The number of aryl methyl sites for hydroxylation is 1. The maximum Gasteiger partial charge on any atom is 0.339 e. The van der Waals surface area contributed by atoms with Crippen molar-refractivity contribution >= 4 is 33.4 Å². The molecular formula is C16H15N3O5S. The van der Waals surface area contributed by atoms with E-state index < -0.39 is 11.9 Å². The first kappa shape index (κ1) is 16.9. The van der Waals surface area contributed by atoms with Crippen molar-refractivity contribution in [1.82, 2.24) is 14.9 Å². The van der Waals surface area contributed by atoms with Crippen LogP contribution in [0.3, 0.4) is 0 Å². The molecule has 0 aliphatic carbocycles. The normalized spacial score (nSPS) is 11.0. The summed E-state index contributed by atoms with van der Waals surface area (Å²) in [5.41, 5.74) is 0.296. The molecule has 0 aromatic carbocycles. The van der Waals surface area contributed by atoms with E-state index in [2.05, 4.69) is 9.97 Å². The summed E-state index contributed by atoms with van der Waals surface area (Å²) in [5, 5.41) is 10.9. The highest BCUT2D eigenvalue weighted by molar-refractivity contribution is 7.17. The smallest absolute Gasteiger partial charge is 0.339 e. The van der Waals surface area contributed by atoms with Gasteiger partial charge in [0, 0.05) is 19.5 Å². The van der Waals surface area contributed by atoms with Gasteiger partial charge in [0.15, 0.2) is 5.76 Å². The molecule has 130 valence electrons. The Kier molecular flexibility index (Phi) is 4.41. The Labute approximate surface area is 145 Å². The molecule has 0 radical (unpaired) electrons. The lowest BCUT2D eigenvalue weighted by molar-refractivity contribution is 0.0692. The van der Waals surface area contributed by atoms with Crippen LogP contribution in [0.25, 0.3) is 10.2 Å². The molecule has 25 heavy (non-hydrogen) atoms. The van der Waals surface area contributed by atoms with E-state index in [0.29, 0.717) is 22.5 Å². The highest BCUT2D eigenvalue weighted by atomic mass is 32.1. The molecule has 3 aromatic heterocycles. The number of H-pyrrole nitrogens is 1. The van der Waals surface area contributed by atoms with Crippen molar-refractivity contribution in [2.24, 2.45) is 0 Å². The SMILES string of the molecule is CCc1oc(C(=O)N(C)Cc2nc3ccsc3c(=O)[nH]2)cc1C(=O)O. The molecule has 3 aromatic rings. The quantitative estimate of drug-likeness (QED) is 0.719. The zero-order chi connectivity index (χ0) is 18.1. The van der Waals surface area contributed by atoms with Gasteiger partial charge in [0.05, 0.1) is 12.1 Å². The van der Waals surface area contributed by atoms with Crippen LogP contribution >= 0.6 is 11.3 Å². The van der Waals surface area contributed by atoms with Gasteiger partial charge in [-0.05, 0) is 11.4 Å². The van der Waals surface area contributed by atoms with E-state index in [-0.39, 0.29) is 29.2 Å². The van der Waals surface area contributed by atoms with Gasteiger partial charge >= 0.3 is 5.97 Å². The molecule has 8 nitrogen and oxygen atoms in total. The van der Waals surface area contributed by atoms with E-state index >= 15 is 0 Å². The Morgan fingerprint density at radius 3 is 2.84 bits per heavy atom. The molecule has 9 heteroatoms. The average Bonchev–Trinajstić information content (AvgIpc) is 3.20. The minimum atomic E-state index is -1.14. The Morgan fingerprint density at radius 1 is 1.44 bits per heavy atom. The van der Waals surface area contributed by atoms with Gasteiger partial charge in [0.1, 0.15) is 21.8 Å². The summed E-state index contributed by atoms with van der Waals surface area (Å²) in [6.07, 6.45) is 0.363. The second-order valence-electron chi connectivity index (χ2n) is 5.42. The Balaban J connectivity index is 1.84. The van der Waals surface area contributed by atoms with Gasteiger partial charge in [-0.25, -0.2) is 9.78 Å². The summed E-state index contributed by atoms with van der Waals surface area (Å²) in [5.74, 6) is -1.11. The molecule has 0 aliphatic heterocycles. The number of aromatic nitrogens is 2. The number of carboxylic acid groups (broad SMARTS) is 1. The first-order chi connectivity index (χ1) is 11.9. The molecule has 0 unspecified atom stereocenters. The number of nitrogens with one attached hydrogen (secondary N) is 1. The fourth-order valence-electron chi connectivity index (χ4n) is 2.46. The summed E-state index contributed by atoms with van der Waals surface area (Å²) in [6.45, 7) is 1.80. The third kappa shape index (κ3) is 3.18. The lowest BCUT2D eigenvalue weighted by Crippen LogP contribution is -2.28. The van der Waals surface area contributed by atoms with Gasteiger partial charge in [-0.1, -0.05) is 6.92 Å². The van der Waals surface area contributed by atoms with Gasteiger partial charge in [-0.15, -0.1) is 11.3 Å². The first-order valence-corrected chi connectivity index (χ1v) is 8.36. The van der Waals surface area contributed by atoms with Crippen molar-refractivity contribution in [2.75, 3.05) is 7.05 Å². The Bertz CT molecular complexity index is 1020. The minimum Gasteiger partial charge on any atom is -0.478 e. The molecule has 0 bridgehead atoms. The van der Waals surface area contributed by atoms with E-state index in [1.165, 1.54) is 29.4 Å². The molecule has 3 rings (SSSR count). The third-order valence-electron chi connectivity index (χ3n) is 3.67. The van der Waals surface area contributed by atoms with Crippen molar-refractivity contribution in [1.29, 1.82) is 0 Å². The molecule has 0 atom stereocenters. The summed E-state index contributed by atoms with van der Waals surface area (Å²) in [7, 11) is 1.52. The van der Waals surface area contributed by atoms with Crippen LogP contribution in [0.2, 0.25) is 0 Å². The van der Waals surface area contributed by atoms with Crippen LogP contribution in [0.15, 0.2) is 26.7 Å². The van der Waals surface area contributed by atoms with Crippen LogP contribution in [0.4, 0.5) is 0 Å². The second kappa shape index (κ2) is 6.52. The van der Waals surface area contributed by atoms with Crippen LogP contribution in [-0.4, -0.2) is 38.9 Å². The number of thiophene rings is 1. The van der Waals surface area contributed by atoms with Crippen molar-refractivity contribution in [2.45, 2.75) is 19.9 Å². The number of nitrogens with zero attached hydrogens (tertiary/aromatic N) is 2. The van der Waals surface area contributed by atoms with Crippen molar-refractivity contribution in [3.8, 4) is 0 Å². The van der Waals surface area contributed by atoms with Crippen LogP contribution in [-0.2, 0) is 13.0 Å². The van der Waals surface area contributed by atoms with Gasteiger partial charge < -0.3 is 19.4 Å². The number of rotatable bonds is 5. The number of aromatic carboxylic acids is 1. The van der Waals surface area contributed by atoms with Crippen molar-refractivity contribution in [3.63, 3.8) is 0 Å². The van der Waals surface area contributed by atoms with Crippen LogP contribution in [0.1, 0.15) is 39.4 Å². The molecule has 2 N–H and O–H groups in total. The molecule has 0 spiro atoms. The fraction of sp³-hybridized carbons (Fsp3) is 0.250. The van der Waals surface area contributed by atoms with Gasteiger partial charge in [0.25, 0.3) is 11.5 Å². The molecule has 0 saturated carbocycles. The standard InChI is InChI=1S/C16H15N3O5S/c1-3-10-8(16(22)23)6-11(24-10)15(21)19(2)7-12-17-9-4-5-25-13(9)14(20)18-12/h4-6H,3,7H2,1-2H3,(H,22,23)(H,17,18,20). The number of furan rings is 1. The number of fused-ring (bicyclic) bond motifs is 1. The van der Waals surface area contributed by atoms with Crippen LogP contribution < -0.4 is 5.56 Å². The summed E-state index contributed by atoms with van der Waals surface area (Å²) in [4.78, 5) is 43.9. The number of carboxylic acids is 1. The highest BCUT2D eigenvalue weighted by Gasteiger charge is 2.23. The largest absolute Gasteiger partial charge is 0.478 e. The summed E-state index contributed by atoms with van der Waals surface area (Å²) >= 11 is 1.30. The highest BCUT2D eigenvalue weighted by Crippen LogP contribution is 2.19. The van der Waals surface area contributed by atoms with E-state index in [4.69, 9.17) is 9.52 Å². The van der Waals surface area contributed by atoms with Gasteiger partial charge in [0.2, 0.25) is 0 Å². The van der Waals surface area contributed by atoms with E-state index in [1.807, 2.05) is 0 Å². The topological polar surface area (TPSA) is 117 Å². The zero-order valence-electron chi connectivity index (χ0n) is 13.5. The van der Waals surface area contributed by atoms with Crippen LogP contribution in [0, 0.1) is 0 Å². The Morgan fingerprint density at radius 2 is 2.20 bits per heavy atom. The summed E-state index contributed by atoms with van der Waals surface area (Å²) < 4.78 is 5.89. The molecule has 3 heterocycles. The van der Waals surface area contributed by atoms with Crippen molar-refractivity contribution < 1.29 is 19.1 Å². The molecule has 0 fully saturated rings. The first-order valence-electron chi connectivity index (χ1n) is 7.48. The number of hydrogen-bond acceptors (Lipinski definition) is 6. The predicted octanol–water partition coefficient (Wildman–Crippen LogP) is 2.11.